The number of benzene rings is 2. The smallest absolute Gasteiger partial charge is 0.335 e. The molecular formula is C19H18N2O3. The first kappa shape index (κ1) is 14.9. The standard InChI is InChI=1S/C19H18N2O3/c22-19(23)16-4-3-13-9-15(2-1-14(13)10-16)17-11-20-21(12-17)18-5-7-24-8-6-18/h1-4,9-12,18H,5-8H2,(H,22,23). The number of carboxylic acid groups (broad SMARTS) is 1. The van der Waals surface area contributed by atoms with Gasteiger partial charge in [-0.2, -0.15) is 5.10 Å². The predicted molar refractivity (Wildman–Crippen MR) is 91.2 cm³/mol. The molecule has 0 radical (unpaired) electrons. The summed E-state index contributed by atoms with van der Waals surface area (Å²) in [6.45, 7) is 1.59. The summed E-state index contributed by atoms with van der Waals surface area (Å²) in [6, 6.07) is 11.7. The van der Waals surface area contributed by atoms with Crippen LogP contribution in [0.25, 0.3) is 21.9 Å². The molecule has 1 fully saturated rings. The van der Waals surface area contributed by atoms with E-state index in [1.54, 1.807) is 12.1 Å². The summed E-state index contributed by atoms with van der Waals surface area (Å²) in [6.07, 6.45) is 5.97. The van der Waals surface area contributed by atoms with Crippen LogP contribution < -0.4 is 0 Å². The lowest BCUT2D eigenvalue weighted by molar-refractivity contribution is 0.0662. The topological polar surface area (TPSA) is 64.3 Å². The minimum absolute atomic E-state index is 0.308. The second-order valence-corrected chi connectivity index (χ2v) is 6.13. The van der Waals surface area contributed by atoms with E-state index in [1.807, 2.05) is 29.1 Å². The molecule has 0 bridgehead atoms. The van der Waals surface area contributed by atoms with Crippen molar-refractivity contribution >= 4 is 16.7 Å². The maximum absolute atomic E-state index is 11.1. The highest BCUT2D eigenvalue weighted by molar-refractivity contribution is 5.95. The van der Waals surface area contributed by atoms with Crippen LogP contribution in [-0.4, -0.2) is 34.1 Å². The summed E-state index contributed by atoms with van der Waals surface area (Å²) in [5, 5.41) is 15.6. The molecule has 5 nitrogen and oxygen atoms in total. The van der Waals surface area contributed by atoms with Crippen molar-refractivity contribution in [2.24, 2.45) is 0 Å². The van der Waals surface area contributed by atoms with Crippen molar-refractivity contribution in [1.82, 2.24) is 9.78 Å². The Morgan fingerprint density at radius 3 is 2.62 bits per heavy atom. The van der Waals surface area contributed by atoms with E-state index in [9.17, 15) is 4.79 Å². The number of nitrogens with zero attached hydrogens (tertiary/aromatic N) is 2. The van der Waals surface area contributed by atoms with Gasteiger partial charge in [0.2, 0.25) is 0 Å². The van der Waals surface area contributed by atoms with Crippen molar-refractivity contribution in [1.29, 1.82) is 0 Å². The van der Waals surface area contributed by atoms with Crippen LogP contribution in [0.4, 0.5) is 0 Å². The minimum atomic E-state index is -0.904. The second kappa shape index (κ2) is 6.09. The van der Waals surface area contributed by atoms with E-state index in [-0.39, 0.29) is 0 Å². The maximum atomic E-state index is 11.1. The van der Waals surface area contributed by atoms with Crippen molar-refractivity contribution in [3.05, 3.63) is 54.4 Å². The highest BCUT2D eigenvalue weighted by Gasteiger charge is 2.16. The van der Waals surface area contributed by atoms with Crippen molar-refractivity contribution in [3.63, 3.8) is 0 Å². The summed E-state index contributed by atoms with van der Waals surface area (Å²) < 4.78 is 7.44. The van der Waals surface area contributed by atoms with Crippen LogP contribution in [0.1, 0.15) is 29.2 Å². The molecule has 0 spiro atoms. The Kier molecular flexibility index (Phi) is 3.78. The zero-order chi connectivity index (χ0) is 16.5. The average Bonchev–Trinajstić information content (AvgIpc) is 3.11. The second-order valence-electron chi connectivity index (χ2n) is 6.13. The lowest BCUT2D eigenvalue weighted by atomic mass is 10.0. The molecule has 1 aliphatic heterocycles. The molecule has 5 heteroatoms. The van der Waals surface area contributed by atoms with Gasteiger partial charge in [0.05, 0.1) is 17.8 Å². The van der Waals surface area contributed by atoms with Crippen LogP contribution in [0.3, 0.4) is 0 Å². The first-order chi connectivity index (χ1) is 11.7. The molecule has 0 aliphatic carbocycles. The van der Waals surface area contributed by atoms with E-state index in [1.165, 1.54) is 0 Å². The lowest BCUT2D eigenvalue weighted by Gasteiger charge is -2.22. The highest BCUT2D eigenvalue weighted by atomic mass is 16.5. The van der Waals surface area contributed by atoms with E-state index in [4.69, 9.17) is 9.84 Å². The molecule has 1 aliphatic rings. The Morgan fingerprint density at radius 1 is 1.08 bits per heavy atom. The van der Waals surface area contributed by atoms with Gasteiger partial charge in [0.25, 0.3) is 0 Å². The number of hydrogen-bond donors (Lipinski definition) is 1. The number of aromatic nitrogens is 2. The molecule has 0 saturated carbocycles. The number of hydrogen-bond acceptors (Lipinski definition) is 3. The van der Waals surface area contributed by atoms with Crippen LogP contribution in [0, 0.1) is 0 Å². The van der Waals surface area contributed by atoms with Crippen molar-refractivity contribution in [2.45, 2.75) is 18.9 Å². The van der Waals surface area contributed by atoms with Crippen LogP contribution in [0.5, 0.6) is 0 Å². The van der Waals surface area contributed by atoms with E-state index in [0.29, 0.717) is 11.6 Å². The van der Waals surface area contributed by atoms with Crippen LogP contribution in [0.15, 0.2) is 48.8 Å². The molecule has 122 valence electrons. The molecule has 3 aromatic rings. The molecule has 0 amide bonds. The molecule has 1 aromatic heterocycles. The summed E-state index contributed by atoms with van der Waals surface area (Å²) in [5.41, 5.74) is 2.47. The van der Waals surface area contributed by atoms with Gasteiger partial charge in [0.1, 0.15) is 0 Å². The van der Waals surface area contributed by atoms with E-state index >= 15 is 0 Å². The molecule has 0 unspecified atom stereocenters. The quantitative estimate of drug-likeness (QED) is 0.797. The van der Waals surface area contributed by atoms with Gasteiger partial charge in [-0.15, -0.1) is 0 Å². The van der Waals surface area contributed by atoms with Crippen molar-refractivity contribution in [2.75, 3.05) is 13.2 Å². The number of rotatable bonds is 3. The van der Waals surface area contributed by atoms with Crippen LogP contribution in [0.2, 0.25) is 0 Å². The molecule has 0 atom stereocenters. The number of fused-ring (bicyclic) bond motifs is 1. The molecule has 2 heterocycles. The maximum Gasteiger partial charge on any atom is 0.335 e. The van der Waals surface area contributed by atoms with Gasteiger partial charge in [0.15, 0.2) is 0 Å². The number of carbonyl (C=O) groups is 1. The Hall–Kier alpha value is -2.66. The molecule has 4 rings (SSSR count). The van der Waals surface area contributed by atoms with Crippen molar-refractivity contribution < 1.29 is 14.6 Å². The number of carboxylic acids is 1. The fourth-order valence-corrected chi connectivity index (χ4v) is 3.19. The Balaban J connectivity index is 1.65. The highest BCUT2D eigenvalue weighted by Crippen LogP contribution is 2.27. The third-order valence-corrected chi connectivity index (χ3v) is 4.59. The molecule has 1 N–H and O–H groups in total. The summed E-state index contributed by atoms with van der Waals surface area (Å²) in [4.78, 5) is 11.1. The third kappa shape index (κ3) is 2.78. The normalized spacial score (nSPS) is 15.7. The van der Waals surface area contributed by atoms with Crippen LogP contribution in [-0.2, 0) is 4.74 Å². The molecule has 24 heavy (non-hydrogen) atoms. The van der Waals surface area contributed by atoms with E-state index in [0.717, 1.165) is 48.0 Å². The van der Waals surface area contributed by atoms with Gasteiger partial charge in [-0.05, 0) is 47.4 Å². The molecule has 1 saturated heterocycles. The average molecular weight is 322 g/mol. The van der Waals surface area contributed by atoms with Gasteiger partial charge >= 0.3 is 5.97 Å². The molecule has 2 aromatic carbocycles. The number of aromatic carboxylic acids is 1. The Morgan fingerprint density at radius 2 is 1.83 bits per heavy atom. The summed E-state index contributed by atoms with van der Waals surface area (Å²) in [7, 11) is 0. The van der Waals surface area contributed by atoms with Gasteiger partial charge in [0, 0.05) is 25.0 Å². The largest absolute Gasteiger partial charge is 0.478 e. The van der Waals surface area contributed by atoms with Gasteiger partial charge in [-0.1, -0.05) is 18.2 Å². The van der Waals surface area contributed by atoms with Crippen molar-refractivity contribution in [3.8, 4) is 11.1 Å². The van der Waals surface area contributed by atoms with Gasteiger partial charge in [-0.25, -0.2) is 4.79 Å². The zero-order valence-electron chi connectivity index (χ0n) is 13.2. The van der Waals surface area contributed by atoms with E-state index < -0.39 is 5.97 Å². The van der Waals surface area contributed by atoms with Gasteiger partial charge < -0.3 is 9.84 Å². The minimum Gasteiger partial charge on any atom is -0.478 e. The first-order valence-corrected chi connectivity index (χ1v) is 8.10. The Bertz CT molecular complexity index is 895. The Labute approximate surface area is 139 Å². The fraction of sp³-hybridized carbons (Fsp3) is 0.263. The van der Waals surface area contributed by atoms with Crippen LogP contribution >= 0.6 is 0 Å². The van der Waals surface area contributed by atoms with E-state index in [2.05, 4.69) is 17.4 Å². The SMILES string of the molecule is O=C(O)c1ccc2cc(-c3cnn(C4CCOCC4)c3)ccc2c1. The lowest BCUT2D eigenvalue weighted by Crippen LogP contribution is -2.19. The number of ether oxygens (including phenoxy) is 1. The molecular weight excluding hydrogens is 304 g/mol. The third-order valence-electron chi connectivity index (χ3n) is 4.59. The monoisotopic (exact) mass is 322 g/mol. The fourth-order valence-electron chi connectivity index (χ4n) is 3.19. The summed E-state index contributed by atoms with van der Waals surface area (Å²) >= 11 is 0. The first-order valence-electron chi connectivity index (χ1n) is 8.10. The zero-order valence-corrected chi connectivity index (χ0v) is 13.2. The van der Waals surface area contributed by atoms with Gasteiger partial charge in [-0.3, -0.25) is 4.68 Å². The predicted octanol–water partition coefficient (Wildman–Crippen LogP) is 3.75. The summed E-state index contributed by atoms with van der Waals surface area (Å²) in [5.74, 6) is -0.904.